The van der Waals surface area contributed by atoms with Gasteiger partial charge in [0.05, 0.1) is 103 Å². The minimum absolute atomic E-state index is 0.00283. The molecule has 28 nitrogen and oxygen atoms in total. The molecule has 1 aromatic carbocycles. The fourth-order valence-corrected chi connectivity index (χ4v) is 12.3. The fraction of sp³-hybridized carbons (Fsp3) is 0.773. The highest BCUT2D eigenvalue weighted by molar-refractivity contribution is 8.00. The number of benzene rings is 1. The predicted molar refractivity (Wildman–Crippen MR) is 361 cm³/mol. The highest BCUT2D eigenvalue weighted by Gasteiger charge is 2.40. The summed E-state index contributed by atoms with van der Waals surface area (Å²) in [6, 6.07) is 6.52. The van der Waals surface area contributed by atoms with Crippen molar-refractivity contribution < 1.29 is 100.0 Å². The van der Waals surface area contributed by atoms with Gasteiger partial charge < -0.3 is 72.4 Å². The van der Waals surface area contributed by atoms with E-state index in [1.165, 1.54) is 45.1 Å². The number of thioether (sulfide) groups is 2. The summed E-state index contributed by atoms with van der Waals surface area (Å²) >= 11 is 2.88. The molecule has 3 rings (SSSR count). The zero-order valence-electron chi connectivity index (χ0n) is 58.2. The third kappa shape index (κ3) is 37.8. The Kier molecular flexibility index (Phi) is 46.9. The van der Waals surface area contributed by atoms with Crippen LogP contribution in [0, 0.1) is 0 Å². The second-order valence-electron chi connectivity index (χ2n) is 23.4. The molecule has 548 valence electrons. The van der Waals surface area contributed by atoms with Crippen molar-refractivity contribution in [3.05, 3.63) is 29.8 Å². The van der Waals surface area contributed by atoms with Crippen LogP contribution in [0.1, 0.15) is 115 Å². The second kappa shape index (κ2) is 52.9. The van der Waals surface area contributed by atoms with E-state index in [4.69, 9.17) is 56.8 Å². The third-order valence-corrected chi connectivity index (χ3v) is 17.6. The maximum absolute atomic E-state index is 14.2. The standard InChI is InChI=1S/C66H111N7O21S2/c1-51(74)93-56(52-19-21-53(22-20-52)94-66(82)70(4)50-69(2)3)43-61(77)71(27-13-9-11-15-41-95-57-44-62(78)72(64(57)80)29-23-59(75)67-25-17-31-87-46-54(91-39-35-85-7)48-89-37-33-83-5)28-14-10-12-16-42-96-58-45-63(79)73(65(58)81)30-24-60(76)68-26-18-32-88-47-55(92-40-36-86-8)49-90-38-34-84-6/h19-22,54-58H,9-18,23-50H2,1-8H3,(H,67,75)(H,68,76). The largest absolute Gasteiger partial charge is 0.457 e. The number of nitrogens with zero attached hydrogens (tertiary/aromatic N) is 5. The summed E-state index contributed by atoms with van der Waals surface area (Å²) < 4.78 is 65.6. The Morgan fingerprint density at radius 3 is 1.41 bits per heavy atom. The van der Waals surface area contributed by atoms with Gasteiger partial charge in [-0.3, -0.25) is 58.0 Å². The van der Waals surface area contributed by atoms with Crippen molar-refractivity contribution in [2.45, 2.75) is 132 Å². The smallest absolute Gasteiger partial charge is 0.416 e. The number of hydrogen-bond donors (Lipinski definition) is 2. The molecule has 96 heavy (non-hydrogen) atoms. The summed E-state index contributed by atoms with van der Waals surface area (Å²) in [6.07, 6.45) is 5.34. The van der Waals surface area contributed by atoms with E-state index < -0.39 is 28.7 Å². The topological polar surface area (TPSA) is 305 Å². The minimum Gasteiger partial charge on any atom is -0.457 e. The van der Waals surface area contributed by atoms with Gasteiger partial charge in [0, 0.05) is 121 Å². The SMILES string of the molecule is COCCOCC(COCCCNC(=O)CCN1C(=O)CC(SCCCCCCN(CCCCCCSC2CC(=O)N(CCC(=O)NCCCOCC(COCCOC)OCCOC)C2=O)C(=O)CC(OC(C)=O)c2ccc(OC(=O)N(C)CN(C)C)cc2)C1=O)OCCOC. The molecule has 0 saturated carbocycles. The number of unbranched alkanes of at least 4 members (excludes halogenated alkanes) is 6. The van der Waals surface area contributed by atoms with Crippen LogP contribution >= 0.6 is 23.5 Å². The lowest BCUT2D eigenvalue weighted by Gasteiger charge is -2.26. The molecular formula is C66H111N7O21S2. The Labute approximate surface area is 576 Å². The number of likely N-dealkylation sites (tertiary alicyclic amines) is 2. The first-order valence-electron chi connectivity index (χ1n) is 33.5. The highest BCUT2D eigenvalue weighted by Crippen LogP contribution is 2.29. The number of carbonyl (C=O) groups excluding carboxylic acids is 9. The Morgan fingerprint density at radius 2 is 0.979 bits per heavy atom. The normalized spacial score (nSPS) is 15.8. The monoisotopic (exact) mass is 1400 g/mol. The Hall–Kier alpha value is -5.09. The first kappa shape index (κ1) is 85.1. The number of methoxy groups -OCH3 is 4. The number of ether oxygens (including phenoxy) is 12. The van der Waals surface area contributed by atoms with Gasteiger partial charge in [-0.05, 0) is 81.8 Å². The number of imide groups is 2. The molecule has 8 amide bonds. The molecule has 0 aliphatic carbocycles. The van der Waals surface area contributed by atoms with Crippen molar-refractivity contribution in [3.8, 4) is 5.75 Å². The molecule has 2 fully saturated rings. The van der Waals surface area contributed by atoms with E-state index >= 15 is 0 Å². The molecular weight excluding hydrogens is 1290 g/mol. The number of esters is 1. The zero-order valence-corrected chi connectivity index (χ0v) is 59.8. The lowest BCUT2D eigenvalue weighted by molar-refractivity contribution is -0.150. The predicted octanol–water partition coefficient (Wildman–Crippen LogP) is 4.52. The molecule has 2 N–H and O–H groups in total. The number of amides is 8. The zero-order chi connectivity index (χ0) is 70.1. The van der Waals surface area contributed by atoms with E-state index in [1.807, 2.05) is 19.0 Å². The first-order chi connectivity index (χ1) is 46.4. The van der Waals surface area contributed by atoms with E-state index in [1.54, 1.807) is 64.7 Å². The average Bonchev–Trinajstić information content (AvgIpc) is 1.63. The van der Waals surface area contributed by atoms with Gasteiger partial charge in [-0.25, -0.2) is 4.79 Å². The number of carbonyl (C=O) groups is 9. The van der Waals surface area contributed by atoms with Gasteiger partial charge in [0.25, 0.3) is 0 Å². The molecule has 2 aliphatic rings. The summed E-state index contributed by atoms with van der Waals surface area (Å²) in [5.41, 5.74) is 0.558. The number of rotatable bonds is 59. The van der Waals surface area contributed by atoms with Crippen LogP contribution in [0.5, 0.6) is 5.75 Å². The van der Waals surface area contributed by atoms with Crippen LogP contribution in [-0.2, 0) is 90.5 Å². The van der Waals surface area contributed by atoms with Gasteiger partial charge in [0.1, 0.15) is 24.1 Å². The maximum Gasteiger partial charge on any atom is 0.416 e. The molecule has 0 aromatic heterocycles. The van der Waals surface area contributed by atoms with Crippen molar-refractivity contribution in [2.75, 3.05) is 200 Å². The van der Waals surface area contributed by atoms with E-state index in [-0.39, 0.29) is 105 Å². The minimum atomic E-state index is -0.901. The number of hydrogen-bond acceptors (Lipinski definition) is 24. The average molecular weight is 1400 g/mol. The summed E-state index contributed by atoms with van der Waals surface area (Å²) in [5.74, 6) is -0.851. The van der Waals surface area contributed by atoms with Crippen LogP contribution < -0.4 is 15.4 Å². The molecule has 2 saturated heterocycles. The van der Waals surface area contributed by atoms with Crippen LogP contribution in [0.25, 0.3) is 0 Å². The Balaban J connectivity index is 1.44. The summed E-state index contributed by atoms with van der Waals surface area (Å²) in [4.78, 5) is 124. The lowest BCUT2D eigenvalue weighted by Crippen LogP contribution is -2.37. The summed E-state index contributed by atoms with van der Waals surface area (Å²) in [5, 5.41) is 4.64. The Bertz CT molecular complexity index is 2280. The van der Waals surface area contributed by atoms with Crippen LogP contribution in [-0.4, -0.2) is 300 Å². The van der Waals surface area contributed by atoms with Crippen molar-refractivity contribution in [1.29, 1.82) is 0 Å². The van der Waals surface area contributed by atoms with Crippen molar-refractivity contribution >= 4 is 76.9 Å². The van der Waals surface area contributed by atoms with Crippen molar-refractivity contribution in [3.63, 3.8) is 0 Å². The molecule has 5 atom stereocenters. The van der Waals surface area contributed by atoms with Gasteiger partial charge >= 0.3 is 12.1 Å². The van der Waals surface area contributed by atoms with Crippen LogP contribution in [0.15, 0.2) is 24.3 Å². The second-order valence-corrected chi connectivity index (χ2v) is 26.0. The van der Waals surface area contributed by atoms with Crippen LogP contribution in [0.2, 0.25) is 0 Å². The highest BCUT2D eigenvalue weighted by atomic mass is 32.2. The molecule has 0 spiro atoms. The first-order valence-corrected chi connectivity index (χ1v) is 35.6. The Morgan fingerprint density at radius 1 is 0.552 bits per heavy atom. The van der Waals surface area contributed by atoms with E-state index in [0.29, 0.717) is 168 Å². The van der Waals surface area contributed by atoms with Gasteiger partial charge in [-0.2, -0.15) is 0 Å². The quantitative estimate of drug-likeness (QED) is 0.0392. The maximum atomic E-state index is 14.2. The van der Waals surface area contributed by atoms with E-state index in [0.717, 1.165) is 38.5 Å². The van der Waals surface area contributed by atoms with Gasteiger partial charge in [0.15, 0.2) is 0 Å². The molecule has 30 heteroatoms. The molecule has 0 radical (unpaired) electrons. The van der Waals surface area contributed by atoms with Crippen molar-refractivity contribution in [1.82, 2.24) is 35.1 Å². The van der Waals surface area contributed by atoms with E-state index in [2.05, 4.69) is 10.6 Å². The molecule has 1 aromatic rings. The molecule has 0 bridgehead atoms. The molecule has 2 aliphatic heterocycles. The lowest BCUT2D eigenvalue weighted by atomic mass is 10.0. The molecule has 2 heterocycles. The number of nitrogens with one attached hydrogen (secondary N) is 2. The van der Waals surface area contributed by atoms with Crippen LogP contribution in [0.4, 0.5) is 4.79 Å². The summed E-state index contributed by atoms with van der Waals surface area (Å²) in [7, 11) is 11.7. The van der Waals surface area contributed by atoms with Gasteiger partial charge in [-0.1, -0.05) is 37.8 Å². The van der Waals surface area contributed by atoms with Crippen molar-refractivity contribution in [2.24, 2.45) is 0 Å². The van der Waals surface area contributed by atoms with Gasteiger partial charge in [-0.15, -0.1) is 23.5 Å². The third-order valence-electron chi connectivity index (χ3n) is 15.0. The van der Waals surface area contributed by atoms with Gasteiger partial charge in [0.2, 0.25) is 41.4 Å². The summed E-state index contributed by atoms with van der Waals surface area (Å²) in [6.45, 7) is 8.90. The van der Waals surface area contributed by atoms with E-state index in [9.17, 15) is 43.2 Å². The fourth-order valence-electron chi connectivity index (χ4n) is 9.93. The van der Waals surface area contributed by atoms with Crippen LogP contribution in [0.3, 0.4) is 0 Å². The molecule has 5 unspecified atom stereocenters.